The largest absolute Gasteiger partial charge is 0.808 e. The topological polar surface area (TPSA) is 136 Å². The normalized spacial score (nSPS) is 12.8. The molecule has 9 heteroatoms. The van der Waals surface area contributed by atoms with E-state index in [1.807, 2.05) is 0 Å². The van der Waals surface area contributed by atoms with E-state index < -0.39 is 20.8 Å². The zero-order valence-corrected chi connectivity index (χ0v) is 9.51. The van der Waals surface area contributed by atoms with Crippen molar-refractivity contribution in [2.45, 2.75) is 5.59 Å². The highest BCUT2D eigenvalue weighted by Crippen LogP contribution is 2.50. The van der Waals surface area contributed by atoms with Gasteiger partial charge in [0.2, 0.25) is 0 Å². The van der Waals surface area contributed by atoms with Gasteiger partial charge >= 0.3 is 0 Å². The van der Waals surface area contributed by atoms with Crippen LogP contribution < -0.4 is 24.3 Å². The molecule has 1 aromatic rings. The molecule has 0 amide bonds. The van der Waals surface area contributed by atoms with Gasteiger partial charge in [0.15, 0.2) is 0 Å². The van der Waals surface area contributed by atoms with Gasteiger partial charge in [0.1, 0.15) is 11.3 Å². The Kier molecular flexibility index (Phi) is 3.91. The van der Waals surface area contributed by atoms with Gasteiger partial charge in [0.25, 0.3) is 0 Å². The Morgan fingerprint density at radius 2 is 1.38 bits per heavy atom. The maximum atomic E-state index is 10.6. The second-order valence-electron chi connectivity index (χ2n) is 2.84. The summed E-state index contributed by atoms with van der Waals surface area (Å²) in [5.41, 5.74) is -2.91. The predicted octanol–water partition coefficient (Wildman–Crippen LogP) is -1.82. The van der Waals surface area contributed by atoms with E-state index in [2.05, 4.69) is 4.74 Å². The van der Waals surface area contributed by atoms with Crippen molar-refractivity contribution in [2.24, 2.45) is 0 Å². The maximum Gasteiger partial charge on any atom is 0.150 e. The monoisotopic (exact) mass is 264 g/mol. The van der Waals surface area contributed by atoms with Crippen molar-refractivity contribution in [3.05, 3.63) is 30.3 Å². The van der Waals surface area contributed by atoms with Crippen LogP contribution in [0.3, 0.4) is 0 Å². The summed E-state index contributed by atoms with van der Waals surface area (Å²) in [4.78, 5) is 42.2. The van der Waals surface area contributed by atoms with Crippen LogP contribution in [0.4, 0.5) is 0 Å². The van der Waals surface area contributed by atoms with Gasteiger partial charge in [0.05, 0.1) is 0 Å². The molecule has 0 N–H and O–H groups in total. The smallest absolute Gasteiger partial charge is 0.150 e. The van der Waals surface area contributed by atoms with Crippen LogP contribution in [0.25, 0.3) is 0 Å². The molecular weight excluding hydrogens is 258 g/mol. The van der Waals surface area contributed by atoms with E-state index in [4.69, 9.17) is 0 Å². The molecule has 16 heavy (non-hydrogen) atoms. The van der Waals surface area contributed by atoms with E-state index in [0.717, 1.165) is 0 Å². The quantitative estimate of drug-likeness (QED) is 0.583. The lowest BCUT2D eigenvalue weighted by atomic mass is 10.3. The fourth-order valence-electron chi connectivity index (χ4n) is 0.923. The molecule has 0 fully saturated rings. The van der Waals surface area contributed by atoms with Crippen LogP contribution in [0.15, 0.2) is 30.3 Å². The lowest BCUT2D eigenvalue weighted by molar-refractivity contribution is -0.336. The predicted molar refractivity (Wildman–Crippen MR) is 46.1 cm³/mol. The zero-order valence-electron chi connectivity index (χ0n) is 7.72. The average molecular weight is 264 g/mol. The SMILES string of the molecule is O=P([O-])([O-])C(Oc1ccccc1)P(=O)([O-])[O-]. The van der Waals surface area contributed by atoms with Crippen LogP contribution in [0, 0.1) is 0 Å². The fourth-order valence-corrected chi connectivity index (χ4v) is 2.81. The number of hydrogen-bond donors (Lipinski definition) is 0. The molecule has 0 aromatic heterocycles. The highest BCUT2D eigenvalue weighted by atomic mass is 31.2. The second-order valence-corrected chi connectivity index (χ2v) is 6.34. The molecule has 1 rings (SSSR count). The van der Waals surface area contributed by atoms with Crippen LogP contribution in [0.2, 0.25) is 0 Å². The van der Waals surface area contributed by atoms with Gasteiger partial charge < -0.3 is 33.4 Å². The summed E-state index contributed by atoms with van der Waals surface area (Å²) >= 11 is 0. The van der Waals surface area contributed by atoms with Crippen LogP contribution >= 0.6 is 15.2 Å². The first kappa shape index (κ1) is 13.4. The fraction of sp³-hybridized carbons (Fsp3) is 0.143. The minimum Gasteiger partial charge on any atom is -0.808 e. The van der Waals surface area contributed by atoms with Gasteiger partial charge in [-0.2, -0.15) is 0 Å². The van der Waals surface area contributed by atoms with E-state index in [1.165, 1.54) is 24.3 Å². The first-order chi connectivity index (χ1) is 7.21. The molecule has 0 radical (unpaired) electrons. The molecule has 0 saturated carbocycles. The van der Waals surface area contributed by atoms with Gasteiger partial charge in [-0.05, 0) is 27.3 Å². The lowest BCUT2D eigenvalue weighted by Gasteiger charge is -2.48. The Morgan fingerprint density at radius 3 is 1.75 bits per heavy atom. The van der Waals surface area contributed by atoms with Crippen molar-refractivity contribution >= 4 is 15.2 Å². The number of ether oxygens (including phenoxy) is 1. The Morgan fingerprint density at radius 1 is 0.938 bits per heavy atom. The van der Waals surface area contributed by atoms with Crippen molar-refractivity contribution in [1.29, 1.82) is 0 Å². The highest BCUT2D eigenvalue weighted by Gasteiger charge is 2.19. The number of para-hydroxylation sites is 1. The molecular formula is C7H6O7P2-4. The standard InChI is InChI=1S/C7H10O7P2/c8-15(9,10)7(16(11,12)13)14-6-4-2-1-3-5-6/h1-5,7H,(H2,8,9,10)(H2,11,12,13)/p-4. The first-order valence-corrected chi connectivity index (χ1v) is 7.19. The minimum absolute atomic E-state index is 0.189. The molecule has 0 aliphatic rings. The average Bonchev–Trinajstić information content (AvgIpc) is 2.12. The summed E-state index contributed by atoms with van der Waals surface area (Å²) in [6.45, 7) is 0. The van der Waals surface area contributed by atoms with Gasteiger partial charge in [-0.3, -0.25) is 0 Å². The Hall–Kier alpha value is -0.680. The van der Waals surface area contributed by atoms with Crippen molar-refractivity contribution in [2.75, 3.05) is 0 Å². The summed E-state index contributed by atoms with van der Waals surface area (Å²) in [5.74, 6) is -0.189. The van der Waals surface area contributed by atoms with Crippen molar-refractivity contribution in [1.82, 2.24) is 0 Å². The van der Waals surface area contributed by atoms with Gasteiger partial charge in [-0.15, -0.1) is 0 Å². The van der Waals surface area contributed by atoms with E-state index in [1.54, 1.807) is 6.07 Å². The molecule has 1 aromatic carbocycles. The molecule has 0 atom stereocenters. The third kappa shape index (κ3) is 3.72. The molecule has 0 spiro atoms. The van der Waals surface area contributed by atoms with Crippen molar-refractivity contribution in [3.8, 4) is 5.75 Å². The number of benzene rings is 1. The highest BCUT2D eigenvalue weighted by molar-refractivity contribution is 7.67. The Bertz CT molecular complexity index is 411. The van der Waals surface area contributed by atoms with E-state index >= 15 is 0 Å². The van der Waals surface area contributed by atoms with Crippen LogP contribution in [0.1, 0.15) is 0 Å². The third-order valence-corrected chi connectivity index (χ3v) is 4.52. The van der Waals surface area contributed by atoms with Gasteiger partial charge in [-0.1, -0.05) is 18.2 Å². The molecule has 7 nitrogen and oxygen atoms in total. The van der Waals surface area contributed by atoms with E-state index in [9.17, 15) is 28.7 Å². The second kappa shape index (κ2) is 4.67. The minimum atomic E-state index is -5.67. The maximum absolute atomic E-state index is 10.6. The van der Waals surface area contributed by atoms with Gasteiger partial charge in [0, 0.05) is 0 Å². The number of rotatable bonds is 4. The van der Waals surface area contributed by atoms with Gasteiger partial charge in [-0.25, -0.2) is 0 Å². The first-order valence-electron chi connectivity index (χ1n) is 3.96. The summed E-state index contributed by atoms with van der Waals surface area (Å²) in [6.07, 6.45) is 0. The third-order valence-electron chi connectivity index (χ3n) is 1.53. The Balaban J connectivity index is 2.99. The summed E-state index contributed by atoms with van der Waals surface area (Å²) in [5, 5.41) is 0. The zero-order chi connectivity index (χ0) is 12.4. The summed E-state index contributed by atoms with van der Waals surface area (Å²) < 4.78 is 25.5. The van der Waals surface area contributed by atoms with Crippen LogP contribution in [-0.2, 0) is 9.13 Å². The molecule has 90 valence electrons. The molecule has 0 heterocycles. The van der Waals surface area contributed by atoms with Crippen LogP contribution in [-0.4, -0.2) is 5.59 Å². The lowest BCUT2D eigenvalue weighted by Crippen LogP contribution is -2.37. The number of hydrogen-bond acceptors (Lipinski definition) is 7. The summed E-state index contributed by atoms with van der Waals surface area (Å²) in [7, 11) is -11.3. The Labute approximate surface area is 91.0 Å². The molecule has 0 saturated heterocycles. The van der Waals surface area contributed by atoms with Crippen LogP contribution in [0.5, 0.6) is 5.75 Å². The van der Waals surface area contributed by atoms with Crippen molar-refractivity contribution in [3.63, 3.8) is 0 Å². The van der Waals surface area contributed by atoms with E-state index in [-0.39, 0.29) is 5.75 Å². The molecule has 0 unspecified atom stereocenters. The summed E-state index contributed by atoms with van der Waals surface area (Å²) in [6, 6.07) is 6.85. The van der Waals surface area contributed by atoms with Crippen molar-refractivity contribution < 1.29 is 33.4 Å². The molecule has 0 aliphatic carbocycles. The molecule has 0 bridgehead atoms. The molecule has 0 aliphatic heterocycles. The van der Waals surface area contributed by atoms with E-state index in [0.29, 0.717) is 0 Å².